The Balaban J connectivity index is 2.10. The average Bonchev–Trinajstić information content (AvgIpc) is 2.73. The Morgan fingerprint density at radius 3 is 2.71 bits per heavy atom. The summed E-state index contributed by atoms with van der Waals surface area (Å²) in [4.78, 5) is 0.233. The van der Waals surface area contributed by atoms with Crippen LogP contribution in [0, 0.1) is 10.8 Å². The van der Waals surface area contributed by atoms with Gasteiger partial charge in [0.05, 0.1) is 12.0 Å². The Hall–Kier alpha value is -1.37. The highest BCUT2D eigenvalue weighted by Gasteiger charge is 2.43. The molecular weight excluding hydrogens is 240 g/mol. The summed E-state index contributed by atoms with van der Waals surface area (Å²) in [7, 11) is -3.19. The smallest absolute Gasteiger partial charge is 0.178 e. The molecule has 0 amide bonds. The topological polar surface area (TPSA) is 102 Å². The van der Waals surface area contributed by atoms with E-state index >= 15 is 0 Å². The number of hydrogen-bond donors (Lipinski definition) is 2. The van der Waals surface area contributed by atoms with E-state index < -0.39 is 9.84 Å². The molecule has 1 heterocycles. The predicted octanol–water partition coefficient (Wildman–Crippen LogP) is 0.393. The van der Waals surface area contributed by atoms with Gasteiger partial charge in [0.15, 0.2) is 9.84 Å². The maximum atomic E-state index is 11.3. The van der Waals surface area contributed by atoms with Crippen molar-refractivity contribution in [3.8, 4) is 0 Å². The van der Waals surface area contributed by atoms with Gasteiger partial charge in [-0.3, -0.25) is 10.1 Å². The van der Waals surface area contributed by atoms with E-state index in [1.54, 1.807) is 4.68 Å². The van der Waals surface area contributed by atoms with Gasteiger partial charge in [-0.15, -0.1) is 0 Å². The lowest BCUT2D eigenvalue weighted by Gasteiger charge is -2.13. The van der Waals surface area contributed by atoms with Crippen molar-refractivity contribution >= 4 is 15.7 Å². The first-order chi connectivity index (χ1) is 7.81. The molecule has 3 N–H and O–H groups in total. The fourth-order valence-electron chi connectivity index (χ4n) is 1.94. The van der Waals surface area contributed by atoms with Crippen molar-refractivity contribution in [1.82, 2.24) is 9.78 Å². The number of amidine groups is 1. The predicted molar refractivity (Wildman–Crippen MR) is 63.5 cm³/mol. The van der Waals surface area contributed by atoms with Crippen LogP contribution in [-0.2, 0) is 16.4 Å². The number of hydrogen-bond acceptors (Lipinski definition) is 4. The van der Waals surface area contributed by atoms with Crippen molar-refractivity contribution in [2.24, 2.45) is 11.1 Å². The Labute approximate surface area is 100 Å². The van der Waals surface area contributed by atoms with Gasteiger partial charge in [0.25, 0.3) is 0 Å². The molecule has 0 aromatic carbocycles. The van der Waals surface area contributed by atoms with Crippen LogP contribution in [0.1, 0.15) is 19.3 Å². The largest absolute Gasteiger partial charge is 0.388 e. The third kappa shape index (κ3) is 2.85. The number of sulfone groups is 1. The van der Waals surface area contributed by atoms with E-state index in [1.807, 2.05) is 0 Å². The van der Waals surface area contributed by atoms with Gasteiger partial charge in [-0.25, -0.2) is 8.42 Å². The summed E-state index contributed by atoms with van der Waals surface area (Å²) >= 11 is 0. The molecule has 0 unspecified atom stereocenters. The second kappa shape index (κ2) is 3.83. The van der Waals surface area contributed by atoms with Crippen molar-refractivity contribution in [3.63, 3.8) is 0 Å². The number of nitrogens with two attached hydrogens (primary N) is 1. The maximum Gasteiger partial charge on any atom is 0.178 e. The minimum atomic E-state index is -3.19. The van der Waals surface area contributed by atoms with Gasteiger partial charge in [0.2, 0.25) is 0 Å². The molecule has 1 fully saturated rings. The standard InChI is InChI=1S/C10H16N4O2S/c1-17(15,16)8-5-13-14(6-8)7-10(2-3-10)4-9(11)12/h5-6H,2-4,7H2,1H3,(H3,11,12). The Morgan fingerprint density at radius 2 is 2.29 bits per heavy atom. The van der Waals surface area contributed by atoms with E-state index in [0.29, 0.717) is 13.0 Å². The van der Waals surface area contributed by atoms with Crippen LogP contribution in [0.25, 0.3) is 0 Å². The normalized spacial score (nSPS) is 17.9. The molecule has 1 aliphatic rings. The van der Waals surface area contributed by atoms with E-state index in [4.69, 9.17) is 11.1 Å². The maximum absolute atomic E-state index is 11.3. The van der Waals surface area contributed by atoms with Crippen LogP contribution in [0.2, 0.25) is 0 Å². The van der Waals surface area contributed by atoms with Crippen LogP contribution in [0.5, 0.6) is 0 Å². The van der Waals surface area contributed by atoms with Crippen molar-refractivity contribution in [3.05, 3.63) is 12.4 Å². The van der Waals surface area contributed by atoms with Crippen molar-refractivity contribution < 1.29 is 8.42 Å². The van der Waals surface area contributed by atoms with Crippen molar-refractivity contribution in [1.29, 1.82) is 5.41 Å². The molecule has 94 valence electrons. The van der Waals surface area contributed by atoms with Gasteiger partial charge in [0, 0.05) is 25.4 Å². The molecule has 6 nitrogen and oxygen atoms in total. The minimum absolute atomic E-state index is 0.0205. The van der Waals surface area contributed by atoms with Crippen LogP contribution in [0.15, 0.2) is 17.3 Å². The zero-order valence-corrected chi connectivity index (χ0v) is 10.5. The molecule has 2 rings (SSSR count). The zero-order valence-electron chi connectivity index (χ0n) is 9.68. The van der Waals surface area contributed by atoms with E-state index in [0.717, 1.165) is 19.1 Å². The van der Waals surface area contributed by atoms with E-state index in [9.17, 15) is 8.42 Å². The summed E-state index contributed by atoms with van der Waals surface area (Å²) in [6, 6.07) is 0. The molecule has 7 heteroatoms. The van der Waals surface area contributed by atoms with Crippen LogP contribution in [0.3, 0.4) is 0 Å². The van der Waals surface area contributed by atoms with Gasteiger partial charge in [-0.05, 0) is 18.3 Å². The monoisotopic (exact) mass is 256 g/mol. The average molecular weight is 256 g/mol. The molecule has 0 atom stereocenters. The third-order valence-corrected chi connectivity index (χ3v) is 4.12. The Kier molecular flexibility index (Phi) is 2.73. The van der Waals surface area contributed by atoms with Crippen LogP contribution >= 0.6 is 0 Å². The van der Waals surface area contributed by atoms with E-state index in [1.165, 1.54) is 12.4 Å². The van der Waals surface area contributed by atoms with Crippen molar-refractivity contribution in [2.75, 3.05) is 6.26 Å². The number of rotatable bonds is 5. The van der Waals surface area contributed by atoms with E-state index in [-0.39, 0.29) is 16.1 Å². The molecule has 0 saturated heterocycles. The number of aromatic nitrogens is 2. The summed E-state index contributed by atoms with van der Waals surface area (Å²) in [6.45, 7) is 0.627. The molecule has 0 aliphatic heterocycles. The second-order valence-corrected chi connectivity index (χ2v) is 6.86. The van der Waals surface area contributed by atoms with E-state index in [2.05, 4.69) is 5.10 Å². The lowest BCUT2D eigenvalue weighted by atomic mass is 10.0. The summed E-state index contributed by atoms with van der Waals surface area (Å²) < 4.78 is 24.2. The molecule has 1 aliphatic carbocycles. The highest BCUT2D eigenvalue weighted by atomic mass is 32.2. The summed E-state index contributed by atoms with van der Waals surface area (Å²) in [6.07, 6.45) is 6.65. The highest BCUT2D eigenvalue weighted by Crippen LogP contribution is 2.49. The number of nitrogens with one attached hydrogen (secondary N) is 1. The zero-order chi connectivity index (χ0) is 12.7. The fourth-order valence-corrected chi connectivity index (χ4v) is 2.49. The third-order valence-electron chi connectivity index (χ3n) is 3.06. The summed E-state index contributed by atoms with van der Waals surface area (Å²) in [5, 5.41) is 11.4. The van der Waals surface area contributed by atoms with Gasteiger partial charge >= 0.3 is 0 Å². The molecule has 0 bridgehead atoms. The van der Waals surface area contributed by atoms with Crippen LogP contribution < -0.4 is 5.73 Å². The van der Waals surface area contributed by atoms with Crippen LogP contribution in [0.4, 0.5) is 0 Å². The Bertz CT molecular complexity index is 542. The molecule has 1 saturated carbocycles. The fraction of sp³-hybridized carbons (Fsp3) is 0.600. The lowest BCUT2D eigenvalue weighted by Crippen LogP contribution is -2.20. The quantitative estimate of drug-likeness (QED) is 0.587. The Morgan fingerprint density at radius 1 is 1.65 bits per heavy atom. The molecular formula is C10H16N4O2S. The molecule has 1 aromatic rings. The molecule has 0 radical (unpaired) electrons. The van der Waals surface area contributed by atoms with Gasteiger partial charge < -0.3 is 5.73 Å². The number of nitrogens with zero attached hydrogens (tertiary/aromatic N) is 2. The van der Waals surface area contributed by atoms with Gasteiger partial charge in [0.1, 0.15) is 4.90 Å². The van der Waals surface area contributed by atoms with Gasteiger partial charge in [-0.1, -0.05) is 0 Å². The summed E-state index contributed by atoms with van der Waals surface area (Å²) in [5.74, 6) is 0.179. The minimum Gasteiger partial charge on any atom is -0.388 e. The molecule has 17 heavy (non-hydrogen) atoms. The van der Waals surface area contributed by atoms with Gasteiger partial charge in [-0.2, -0.15) is 5.10 Å². The second-order valence-electron chi connectivity index (χ2n) is 4.85. The first-order valence-corrected chi connectivity index (χ1v) is 7.25. The SMILES string of the molecule is CS(=O)(=O)c1cnn(CC2(CC(=N)N)CC2)c1. The van der Waals surface area contributed by atoms with Crippen molar-refractivity contribution in [2.45, 2.75) is 30.7 Å². The molecule has 0 spiro atoms. The lowest BCUT2D eigenvalue weighted by molar-refractivity contribution is 0.408. The highest BCUT2D eigenvalue weighted by molar-refractivity contribution is 7.90. The first-order valence-electron chi connectivity index (χ1n) is 5.36. The first kappa shape index (κ1) is 12.1. The van der Waals surface area contributed by atoms with Crippen LogP contribution in [-0.4, -0.2) is 30.3 Å². The molecule has 1 aromatic heterocycles. The summed E-state index contributed by atoms with van der Waals surface area (Å²) in [5.41, 5.74) is 5.42.